The minimum absolute atomic E-state index is 0.0345. The SMILES string of the molecule is CC(C)[NH2+]C(C)C.COC(=O)[C@@H](C)[C@H](c1ccc2c(c1)O[C@H](c1ccc(-c3cc(C)ccc3F)cc1)CC2)C1CC1.Cc1ccc(F)c(-c2ccc([C@@H]3CCc4ccc([C@H](C5CC5)[C@H](C)C(=O)[O-])cc4O3)cc2)c1. The number of rotatable bonds is 14. The number of ether oxygens (including phenoxy) is 3. The summed E-state index contributed by atoms with van der Waals surface area (Å²) in [4.78, 5) is 23.9. The lowest BCUT2D eigenvalue weighted by Gasteiger charge is -2.30. The molecule has 9 heteroatoms. The van der Waals surface area contributed by atoms with Gasteiger partial charge in [0, 0.05) is 23.0 Å². The molecule has 7 nitrogen and oxygen atoms in total. The van der Waals surface area contributed by atoms with E-state index in [1.54, 1.807) is 19.1 Å². The van der Waals surface area contributed by atoms with Crippen LogP contribution in [0, 0.1) is 49.2 Å². The second kappa shape index (κ2) is 23.9. The molecule has 0 aromatic heterocycles. The number of nitrogens with two attached hydrogens (primary N) is 1. The molecule has 6 atom stereocenters. The number of carbonyl (C=O) groups excluding carboxylic acids is 2. The second-order valence-corrected chi connectivity index (χ2v) is 22.1. The van der Waals surface area contributed by atoms with Gasteiger partial charge in [-0.25, -0.2) is 8.78 Å². The highest BCUT2D eigenvalue weighted by Crippen LogP contribution is 2.50. The van der Waals surface area contributed by atoms with Crippen molar-refractivity contribution >= 4 is 11.9 Å². The van der Waals surface area contributed by atoms with E-state index in [4.69, 9.17) is 14.2 Å². The first-order chi connectivity index (χ1) is 35.5. The molecular formula is C65H75F2NO6. The molecule has 0 radical (unpaired) electrons. The van der Waals surface area contributed by atoms with E-state index in [1.807, 2.05) is 87.5 Å². The predicted octanol–water partition coefficient (Wildman–Crippen LogP) is 13.3. The van der Waals surface area contributed by atoms with Crippen LogP contribution in [0.2, 0.25) is 0 Å². The van der Waals surface area contributed by atoms with Crippen LogP contribution in [0.25, 0.3) is 22.3 Å². The van der Waals surface area contributed by atoms with Crippen molar-refractivity contribution in [3.63, 3.8) is 0 Å². The number of hydrogen-bond acceptors (Lipinski definition) is 6. The Labute approximate surface area is 438 Å². The number of benzene rings is 6. The molecule has 6 aromatic rings. The Morgan fingerprint density at radius 1 is 0.554 bits per heavy atom. The van der Waals surface area contributed by atoms with Gasteiger partial charge in [-0.2, -0.15) is 0 Å². The van der Waals surface area contributed by atoms with Crippen LogP contribution in [0.5, 0.6) is 11.5 Å². The first-order valence-corrected chi connectivity index (χ1v) is 26.9. The average Bonchev–Trinajstić information content (AvgIpc) is 4.35. The van der Waals surface area contributed by atoms with E-state index in [2.05, 4.69) is 63.3 Å². The number of aryl methyl sites for hydroxylation is 4. The third kappa shape index (κ3) is 13.3. The van der Waals surface area contributed by atoms with Crippen LogP contribution in [-0.2, 0) is 27.2 Å². The summed E-state index contributed by atoms with van der Waals surface area (Å²) < 4.78 is 46.5. The summed E-state index contributed by atoms with van der Waals surface area (Å²) in [7, 11) is 1.46. The zero-order valence-corrected chi connectivity index (χ0v) is 44.8. The Kier molecular flexibility index (Phi) is 17.4. The lowest BCUT2D eigenvalue weighted by Crippen LogP contribution is -2.92. The maximum absolute atomic E-state index is 14.3. The van der Waals surface area contributed by atoms with E-state index in [-0.39, 0.29) is 47.6 Å². The molecule has 10 rings (SSSR count). The monoisotopic (exact) mass is 1000 g/mol. The zero-order valence-electron chi connectivity index (χ0n) is 44.8. The molecule has 0 amide bonds. The van der Waals surface area contributed by atoms with Gasteiger partial charge < -0.3 is 29.4 Å². The number of quaternary nitrogens is 1. The zero-order chi connectivity index (χ0) is 52.8. The van der Waals surface area contributed by atoms with Gasteiger partial charge in [0.2, 0.25) is 0 Å². The van der Waals surface area contributed by atoms with Gasteiger partial charge in [0.15, 0.2) is 0 Å². The molecule has 0 spiro atoms. The second-order valence-electron chi connectivity index (χ2n) is 22.1. The topological polar surface area (TPSA) is 102 Å². The molecular weight excluding hydrogens is 929 g/mol. The first kappa shape index (κ1) is 54.0. The maximum Gasteiger partial charge on any atom is 0.309 e. The summed E-state index contributed by atoms with van der Waals surface area (Å²) in [6.45, 7) is 16.5. The van der Waals surface area contributed by atoms with Crippen molar-refractivity contribution in [1.82, 2.24) is 0 Å². The molecule has 2 N–H and O–H groups in total. The minimum Gasteiger partial charge on any atom is -0.550 e. The van der Waals surface area contributed by atoms with Crippen LogP contribution in [0.15, 0.2) is 121 Å². The molecule has 2 aliphatic heterocycles. The highest BCUT2D eigenvalue weighted by Gasteiger charge is 2.40. The van der Waals surface area contributed by atoms with E-state index in [0.29, 0.717) is 23.0 Å². The van der Waals surface area contributed by atoms with E-state index in [9.17, 15) is 23.5 Å². The summed E-state index contributed by atoms with van der Waals surface area (Å²) in [5, 5.41) is 13.9. The molecule has 2 fully saturated rings. The fourth-order valence-corrected chi connectivity index (χ4v) is 11.2. The number of hydrogen-bond donors (Lipinski definition) is 1. The van der Waals surface area contributed by atoms with E-state index >= 15 is 0 Å². The van der Waals surface area contributed by atoms with Crippen molar-refractivity contribution in [2.45, 2.75) is 143 Å². The van der Waals surface area contributed by atoms with Gasteiger partial charge in [0.25, 0.3) is 0 Å². The van der Waals surface area contributed by atoms with Gasteiger partial charge in [-0.15, -0.1) is 0 Å². The summed E-state index contributed by atoms with van der Waals surface area (Å²) in [6, 6.07) is 40.5. The van der Waals surface area contributed by atoms with Crippen molar-refractivity contribution < 1.29 is 43.0 Å². The number of carbonyl (C=O) groups is 2. The summed E-state index contributed by atoms with van der Waals surface area (Å²) >= 11 is 0. The minimum atomic E-state index is -0.992. The highest BCUT2D eigenvalue weighted by atomic mass is 19.1. The quantitative estimate of drug-likeness (QED) is 0.109. The normalized spacial score (nSPS) is 18.4. The third-order valence-corrected chi connectivity index (χ3v) is 15.3. The Hall–Kier alpha value is -6.32. The van der Waals surface area contributed by atoms with Gasteiger partial charge in [-0.1, -0.05) is 110 Å². The molecule has 2 saturated carbocycles. The molecule has 6 aromatic carbocycles. The first-order valence-electron chi connectivity index (χ1n) is 26.9. The van der Waals surface area contributed by atoms with E-state index < -0.39 is 11.9 Å². The fourth-order valence-electron chi connectivity index (χ4n) is 11.2. The molecule has 0 saturated heterocycles. The number of carboxylic acid groups (broad SMARTS) is 1. The molecule has 2 aliphatic carbocycles. The Bertz CT molecular complexity index is 2880. The standard InChI is InChI=1S/C30H31FO3.C29H29FO3.C6H15N/c1-18-4-14-26(31)25(16-18)20-5-7-21(8-6-20)27-15-13-22-9-12-24(17-28(22)34-27)29(23-10-11-23)19(2)30(32)33-3;1-17-3-13-25(30)24(15-17)19-4-6-20(7-5-19)26-14-12-21-8-11-23(16-27(21)33-26)28(22-9-10-22)18(2)29(31)32;1-5(2)7-6(3)4/h4-9,12,14,16-17,19,23,27,29H,10-11,13,15H2,1-3H3;3-8,11,13,15-16,18,22,26,28H,9-10,12,14H2,1-2H3,(H,31,32);5-7H,1-4H3/t19-,27-,29-;18-,26-,28-;/m00./s1. The van der Waals surface area contributed by atoms with Crippen molar-refractivity contribution in [2.24, 2.45) is 23.7 Å². The van der Waals surface area contributed by atoms with Crippen molar-refractivity contribution in [1.29, 1.82) is 0 Å². The van der Waals surface area contributed by atoms with Gasteiger partial charge in [-0.3, -0.25) is 4.79 Å². The number of aliphatic carboxylic acids is 1. The van der Waals surface area contributed by atoms with Crippen molar-refractivity contribution in [3.05, 3.63) is 177 Å². The molecule has 390 valence electrons. The number of halogens is 2. The largest absolute Gasteiger partial charge is 0.550 e. The fraction of sp³-hybridized carbons (Fsp3) is 0.415. The highest BCUT2D eigenvalue weighted by molar-refractivity contribution is 5.73. The number of methoxy groups -OCH3 is 1. The van der Waals surface area contributed by atoms with Crippen LogP contribution in [-0.4, -0.2) is 31.1 Å². The Balaban J connectivity index is 0.000000175. The molecule has 74 heavy (non-hydrogen) atoms. The van der Waals surface area contributed by atoms with Crippen LogP contribution in [0.3, 0.4) is 0 Å². The Morgan fingerprint density at radius 3 is 1.31 bits per heavy atom. The summed E-state index contributed by atoms with van der Waals surface area (Å²) in [6.07, 6.45) is 7.92. The number of esters is 1. The van der Waals surface area contributed by atoms with Crippen molar-refractivity contribution in [3.8, 4) is 33.8 Å². The molecule has 0 bridgehead atoms. The molecule has 2 heterocycles. The van der Waals surface area contributed by atoms with Crippen molar-refractivity contribution in [2.75, 3.05) is 7.11 Å². The summed E-state index contributed by atoms with van der Waals surface area (Å²) in [5.41, 5.74) is 11.7. The van der Waals surface area contributed by atoms with Crippen LogP contribution < -0.4 is 19.9 Å². The van der Waals surface area contributed by atoms with E-state index in [1.165, 1.54) is 24.8 Å². The van der Waals surface area contributed by atoms with Gasteiger partial charge >= 0.3 is 5.97 Å². The molecule has 0 unspecified atom stereocenters. The van der Waals surface area contributed by atoms with Crippen LogP contribution >= 0.6 is 0 Å². The third-order valence-electron chi connectivity index (χ3n) is 15.3. The molecule has 4 aliphatic rings. The van der Waals surface area contributed by atoms with Gasteiger partial charge in [0.1, 0.15) is 35.3 Å². The lowest BCUT2D eigenvalue weighted by atomic mass is 9.82. The average molecular weight is 1000 g/mol. The predicted molar refractivity (Wildman–Crippen MR) is 288 cm³/mol. The van der Waals surface area contributed by atoms with Gasteiger partial charge in [-0.05, 0) is 197 Å². The number of carboxylic acids is 1. The smallest absolute Gasteiger partial charge is 0.309 e. The van der Waals surface area contributed by atoms with E-state index in [0.717, 1.165) is 125 Å². The lowest BCUT2D eigenvalue weighted by molar-refractivity contribution is -0.709. The maximum atomic E-state index is 14.3. The van der Waals surface area contributed by atoms with Crippen LogP contribution in [0.1, 0.15) is 149 Å². The van der Waals surface area contributed by atoms with Gasteiger partial charge in [0.05, 0.1) is 25.1 Å². The Morgan fingerprint density at radius 2 is 0.959 bits per heavy atom. The summed E-state index contributed by atoms with van der Waals surface area (Å²) in [5.74, 6) is 0.531. The van der Waals surface area contributed by atoms with Crippen LogP contribution in [0.4, 0.5) is 8.78 Å². The number of fused-ring (bicyclic) bond motifs is 2.